The smallest absolute Gasteiger partial charge is 0.168 e. The summed E-state index contributed by atoms with van der Waals surface area (Å²) in [4.78, 5) is 0. The van der Waals surface area contributed by atoms with Crippen LogP contribution in [0, 0.1) is 6.92 Å². The molecule has 1 rings (SSSR count). The predicted molar refractivity (Wildman–Crippen MR) is 49.5 cm³/mol. The van der Waals surface area contributed by atoms with E-state index in [-0.39, 0.29) is 0 Å². The van der Waals surface area contributed by atoms with E-state index in [1.807, 2.05) is 0 Å². The van der Waals surface area contributed by atoms with Crippen LogP contribution in [0.5, 0.6) is 0 Å². The van der Waals surface area contributed by atoms with Crippen molar-refractivity contribution in [2.24, 2.45) is 0 Å². The Kier molecular flexibility index (Phi) is 6.19. The molecule has 1 aromatic carbocycles. The van der Waals surface area contributed by atoms with E-state index in [1.54, 1.807) is 0 Å². The molecule has 12 heavy (non-hydrogen) atoms. The SMILES string of the molecule is CCc1ccc(C)cc1.O=S=O. The van der Waals surface area contributed by atoms with Crippen molar-refractivity contribution in [2.75, 3.05) is 0 Å². The molecule has 0 N–H and O–H groups in total. The van der Waals surface area contributed by atoms with E-state index in [1.165, 1.54) is 11.1 Å². The molecule has 0 radical (unpaired) electrons. The van der Waals surface area contributed by atoms with Gasteiger partial charge in [-0.15, -0.1) is 0 Å². The Morgan fingerprint density at radius 3 is 1.92 bits per heavy atom. The highest BCUT2D eigenvalue weighted by Crippen LogP contribution is 2.02. The first-order valence-electron chi connectivity index (χ1n) is 3.72. The Morgan fingerprint density at radius 2 is 1.58 bits per heavy atom. The van der Waals surface area contributed by atoms with E-state index in [0.29, 0.717) is 0 Å². The third-order valence-corrected chi connectivity index (χ3v) is 1.53. The van der Waals surface area contributed by atoms with Gasteiger partial charge in [0, 0.05) is 0 Å². The summed E-state index contributed by atoms with van der Waals surface area (Å²) in [6.45, 7) is 4.28. The van der Waals surface area contributed by atoms with Gasteiger partial charge in [0.25, 0.3) is 0 Å². The summed E-state index contributed by atoms with van der Waals surface area (Å²) in [7, 11) is 0. The van der Waals surface area contributed by atoms with E-state index in [4.69, 9.17) is 8.42 Å². The molecule has 0 amide bonds. The highest BCUT2D eigenvalue weighted by Gasteiger charge is 1.84. The van der Waals surface area contributed by atoms with Gasteiger partial charge in [-0.25, -0.2) is 0 Å². The summed E-state index contributed by atoms with van der Waals surface area (Å²) in [6.07, 6.45) is 1.14. The lowest BCUT2D eigenvalue weighted by atomic mass is 10.1. The molecular formula is C9H12O2S. The highest BCUT2D eigenvalue weighted by atomic mass is 32.1. The van der Waals surface area contributed by atoms with Gasteiger partial charge in [0.1, 0.15) is 0 Å². The van der Waals surface area contributed by atoms with Crippen LogP contribution in [-0.4, -0.2) is 8.42 Å². The van der Waals surface area contributed by atoms with Crippen molar-refractivity contribution < 1.29 is 8.42 Å². The van der Waals surface area contributed by atoms with Crippen molar-refractivity contribution in [2.45, 2.75) is 20.3 Å². The Labute approximate surface area is 76.2 Å². The van der Waals surface area contributed by atoms with Crippen molar-refractivity contribution in [3.05, 3.63) is 35.4 Å². The maximum atomic E-state index is 8.29. The predicted octanol–water partition coefficient (Wildman–Crippen LogP) is 1.89. The molecule has 0 aliphatic carbocycles. The Hall–Kier alpha value is -0.960. The van der Waals surface area contributed by atoms with Gasteiger partial charge >= 0.3 is 11.6 Å². The molecule has 0 bridgehead atoms. The zero-order chi connectivity index (χ0) is 9.40. The number of benzene rings is 1. The topological polar surface area (TPSA) is 34.1 Å². The lowest BCUT2D eigenvalue weighted by Crippen LogP contribution is -1.77. The van der Waals surface area contributed by atoms with Gasteiger partial charge in [0.2, 0.25) is 0 Å². The van der Waals surface area contributed by atoms with Gasteiger partial charge in [-0.2, -0.15) is 8.42 Å². The van der Waals surface area contributed by atoms with Crippen LogP contribution in [0.3, 0.4) is 0 Å². The lowest BCUT2D eigenvalue weighted by Gasteiger charge is -1.94. The quantitative estimate of drug-likeness (QED) is 0.668. The monoisotopic (exact) mass is 184 g/mol. The van der Waals surface area contributed by atoms with Gasteiger partial charge in [0.05, 0.1) is 0 Å². The summed E-state index contributed by atoms with van der Waals surface area (Å²) in [5.74, 6) is 0. The minimum atomic E-state index is -0.750. The van der Waals surface area contributed by atoms with Crippen molar-refractivity contribution in [3.63, 3.8) is 0 Å². The summed E-state index contributed by atoms with van der Waals surface area (Å²) >= 11 is -0.750. The summed E-state index contributed by atoms with van der Waals surface area (Å²) < 4.78 is 16.6. The van der Waals surface area contributed by atoms with Crippen LogP contribution >= 0.6 is 0 Å². The second kappa shape index (κ2) is 6.73. The van der Waals surface area contributed by atoms with Crippen LogP contribution in [0.25, 0.3) is 0 Å². The first kappa shape index (κ1) is 11.0. The molecule has 3 heteroatoms. The fourth-order valence-electron chi connectivity index (χ4n) is 0.824. The van der Waals surface area contributed by atoms with Crippen molar-refractivity contribution >= 4 is 11.6 Å². The first-order chi connectivity index (χ1) is 5.74. The number of rotatable bonds is 1. The number of hydrogen-bond donors (Lipinski definition) is 0. The van der Waals surface area contributed by atoms with E-state index in [0.717, 1.165) is 6.42 Å². The maximum absolute atomic E-state index is 8.29. The molecule has 66 valence electrons. The first-order valence-corrected chi connectivity index (χ1v) is 4.38. The molecular weight excluding hydrogens is 172 g/mol. The molecule has 0 atom stereocenters. The molecule has 0 aromatic heterocycles. The fraction of sp³-hybridized carbons (Fsp3) is 0.333. The molecule has 0 saturated heterocycles. The summed E-state index contributed by atoms with van der Waals surface area (Å²) in [6, 6.07) is 8.66. The van der Waals surface area contributed by atoms with Crippen LogP contribution in [-0.2, 0) is 18.0 Å². The van der Waals surface area contributed by atoms with Gasteiger partial charge in [0.15, 0.2) is 0 Å². The minimum Gasteiger partial charge on any atom is -0.168 e. The van der Waals surface area contributed by atoms with Crippen molar-refractivity contribution in [1.82, 2.24) is 0 Å². The molecule has 0 aliphatic rings. The van der Waals surface area contributed by atoms with Crippen LogP contribution in [0.4, 0.5) is 0 Å². The fourth-order valence-corrected chi connectivity index (χ4v) is 0.824. The normalized spacial score (nSPS) is 8.17. The van der Waals surface area contributed by atoms with Crippen LogP contribution < -0.4 is 0 Å². The Morgan fingerprint density at radius 1 is 1.17 bits per heavy atom. The second-order valence-corrected chi connectivity index (χ2v) is 2.54. The van der Waals surface area contributed by atoms with Gasteiger partial charge in [-0.1, -0.05) is 36.8 Å². The van der Waals surface area contributed by atoms with Crippen LogP contribution in [0.15, 0.2) is 24.3 Å². The molecule has 2 nitrogen and oxygen atoms in total. The zero-order valence-corrected chi connectivity index (χ0v) is 8.06. The van der Waals surface area contributed by atoms with E-state index < -0.39 is 11.6 Å². The Balaban J connectivity index is 0.000000354. The average molecular weight is 184 g/mol. The minimum absolute atomic E-state index is 0.750. The highest BCUT2D eigenvalue weighted by molar-refractivity contribution is 7.51. The third kappa shape index (κ3) is 4.79. The van der Waals surface area contributed by atoms with Gasteiger partial charge in [-0.05, 0) is 18.9 Å². The second-order valence-electron chi connectivity index (χ2n) is 2.41. The average Bonchev–Trinajstić information content (AvgIpc) is 2.07. The molecule has 0 saturated carbocycles. The third-order valence-electron chi connectivity index (χ3n) is 1.53. The van der Waals surface area contributed by atoms with Gasteiger partial charge in [-0.3, -0.25) is 0 Å². The molecule has 0 spiro atoms. The van der Waals surface area contributed by atoms with Crippen LogP contribution in [0.1, 0.15) is 18.1 Å². The van der Waals surface area contributed by atoms with E-state index >= 15 is 0 Å². The Bertz CT molecular complexity index is 248. The summed E-state index contributed by atoms with van der Waals surface area (Å²) in [5.41, 5.74) is 2.76. The van der Waals surface area contributed by atoms with E-state index in [2.05, 4.69) is 38.1 Å². The zero-order valence-electron chi connectivity index (χ0n) is 7.24. The molecule has 1 aromatic rings. The van der Waals surface area contributed by atoms with Crippen molar-refractivity contribution in [1.29, 1.82) is 0 Å². The van der Waals surface area contributed by atoms with Gasteiger partial charge < -0.3 is 0 Å². The number of hydrogen-bond acceptors (Lipinski definition) is 2. The lowest BCUT2D eigenvalue weighted by molar-refractivity contribution is 0.630. The summed E-state index contributed by atoms with van der Waals surface area (Å²) in [5, 5.41) is 0. The number of aryl methyl sites for hydroxylation is 2. The molecule has 0 unspecified atom stereocenters. The van der Waals surface area contributed by atoms with Crippen LogP contribution in [0.2, 0.25) is 0 Å². The van der Waals surface area contributed by atoms with Crippen molar-refractivity contribution in [3.8, 4) is 0 Å². The standard InChI is InChI=1S/C9H12.O2S/c1-3-9-6-4-8(2)5-7-9;1-3-2/h4-7H,3H2,1-2H3;. The van der Waals surface area contributed by atoms with E-state index in [9.17, 15) is 0 Å². The largest absolute Gasteiger partial charge is 0.335 e. The molecule has 0 fully saturated rings. The molecule has 0 aliphatic heterocycles. The maximum Gasteiger partial charge on any atom is 0.335 e. The molecule has 0 heterocycles.